The van der Waals surface area contributed by atoms with Gasteiger partial charge in [0.25, 0.3) is 5.91 Å². The van der Waals surface area contributed by atoms with Crippen LogP contribution in [0.3, 0.4) is 0 Å². The summed E-state index contributed by atoms with van der Waals surface area (Å²) in [5.74, 6) is -0.449. The van der Waals surface area contributed by atoms with Crippen molar-refractivity contribution in [3.63, 3.8) is 0 Å². The number of nitrogens with one attached hydrogen (secondary N) is 2. The van der Waals surface area contributed by atoms with Crippen molar-refractivity contribution in [1.29, 1.82) is 0 Å². The number of fused-ring (bicyclic) bond motifs is 3. The molecular weight excluding hydrogens is 368 g/mol. The van der Waals surface area contributed by atoms with Gasteiger partial charge < -0.3 is 14.8 Å². The van der Waals surface area contributed by atoms with Crippen molar-refractivity contribution in [1.82, 2.24) is 10.6 Å². The fourth-order valence-electron chi connectivity index (χ4n) is 2.89. The molecule has 0 radical (unpaired) electrons. The number of hydrogen-bond acceptors (Lipinski definition) is 6. The molecule has 1 aromatic heterocycles. The first-order valence-corrected chi connectivity index (χ1v) is 9.28. The van der Waals surface area contributed by atoms with Gasteiger partial charge >= 0.3 is 12.0 Å². The first-order valence-electron chi connectivity index (χ1n) is 8.46. The van der Waals surface area contributed by atoms with Crippen molar-refractivity contribution in [3.8, 4) is 16.2 Å². The molecule has 0 saturated carbocycles. The molecule has 2 aromatic rings. The summed E-state index contributed by atoms with van der Waals surface area (Å²) in [5, 5.41) is 4.35. The number of ether oxygens (including phenoxy) is 2. The van der Waals surface area contributed by atoms with Crippen LogP contribution in [0.25, 0.3) is 10.4 Å². The number of carbonyl (C=O) groups excluding carboxylic acids is 3. The molecule has 142 valence electrons. The summed E-state index contributed by atoms with van der Waals surface area (Å²) in [4.78, 5) is 36.9. The van der Waals surface area contributed by atoms with Crippen molar-refractivity contribution in [2.75, 3.05) is 14.2 Å². The zero-order chi connectivity index (χ0) is 19.6. The summed E-state index contributed by atoms with van der Waals surface area (Å²) in [7, 11) is 3.03. The molecule has 1 aliphatic rings. The first-order chi connectivity index (χ1) is 12.9. The number of aryl methyl sites for hydroxylation is 2. The van der Waals surface area contributed by atoms with Crippen LogP contribution in [-0.4, -0.2) is 38.2 Å². The van der Waals surface area contributed by atoms with Gasteiger partial charge in [0.05, 0.1) is 7.11 Å². The summed E-state index contributed by atoms with van der Waals surface area (Å²) < 4.78 is 10.5. The van der Waals surface area contributed by atoms with E-state index in [1.165, 1.54) is 30.9 Å². The molecular formula is C19H20N2O5S. The highest BCUT2D eigenvalue weighted by Crippen LogP contribution is 2.41. The standard InChI is InChI=1S/C19H20N2O5S/c1-10(17(22)21-19(24)20-2)26-18(23)15-9-12-5-4-11-8-13(25-3)6-7-14(11)16(12)27-15/h6-10H,4-5H2,1-3H3,(H2,20,21,22,24)/t10-/m0/s1. The van der Waals surface area contributed by atoms with E-state index in [4.69, 9.17) is 9.47 Å². The van der Waals surface area contributed by atoms with Gasteiger partial charge in [-0.2, -0.15) is 0 Å². The molecule has 3 amide bonds. The van der Waals surface area contributed by atoms with Gasteiger partial charge in [-0.05, 0) is 60.7 Å². The average Bonchev–Trinajstić information content (AvgIpc) is 3.12. The fraction of sp³-hybridized carbons (Fsp3) is 0.316. The van der Waals surface area contributed by atoms with Crippen LogP contribution in [-0.2, 0) is 22.4 Å². The van der Waals surface area contributed by atoms with E-state index >= 15 is 0 Å². The summed E-state index contributed by atoms with van der Waals surface area (Å²) >= 11 is 1.35. The maximum atomic E-state index is 12.4. The SMILES string of the molecule is CNC(=O)NC(=O)[C@H](C)OC(=O)c1cc2c(s1)-c1ccc(OC)cc1CC2. The van der Waals surface area contributed by atoms with E-state index in [0.717, 1.165) is 34.6 Å². The minimum atomic E-state index is -1.08. The predicted molar refractivity (Wildman–Crippen MR) is 101 cm³/mol. The largest absolute Gasteiger partial charge is 0.497 e. The number of carbonyl (C=O) groups is 3. The Kier molecular flexibility index (Phi) is 5.46. The molecule has 7 nitrogen and oxygen atoms in total. The Balaban J connectivity index is 1.76. The third-order valence-corrected chi connectivity index (χ3v) is 5.54. The summed E-state index contributed by atoms with van der Waals surface area (Å²) in [6, 6.07) is 7.08. The van der Waals surface area contributed by atoms with E-state index < -0.39 is 24.0 Å². The molecule has 0 saturated heterocycles. The maximum absolute atomic E-state index is 12.4. The Bertz CT molecular complexity index is 906. The van der Waals surface area contributed by atoms with Crippen molar-refractivity contribution in [2.45, 2.75) is 25.9 Å². The lowest BCUT2D eigenvalue weighted by atomic mass is 9.91. The Morgan fingerprint density at radius 3 is 2.59 bits per heavy atom. The number of hydrogen-bond donors (Lipinski definition) is 2. The second-order valence-electron chi connectivity index (χ2n) is 6.10. The molecule has 0 fully saturated rings. The number of thiophene rings is 1. The third kappa shape index (κ3) is 3.95. The second-order valence-corrected chi connectivity index (χ2v) is 7.16. The topological polar surface area (TPSA) is 93.7 Å². The fourth-order valence-corrected chi connectivity index (χ4v) is 4.04. The van der Waals surface area contributed by atoms with Crippen LogP contribution in [0.1, 0.15) is 27.7 Å². The van der Waals surface area contributed by atoms with Crippen LogP contribution >= 0.6 is 11.3 Å². The van der Waals surface area contributed by atoms with Crippen molar-refractivity contribution >= 4 is 29.2 Å². The average molecular weight is 388 g/mol. The molecule has 0 aliphatic heterocycles. The van der Waals surface area contributed by atoms with E-state index in [1.54, 1.807) is 7.11 Å². The Hall–Kier alpha value is -2.87. The number of amides is 3. The van der Waals surface area contributed by atoms with Gasteiger partial charge in [-0.15, -0.1) is 11.3 Å². The quantitative estimate of drug-likeness (QED) is 0.785. The molecule has 1 aromatic carbocycles. The zero-order valence-corrected chi connectivity index (χ0v) is 16.1. The zero-order valence-electron chi connectivity index (χ0n) is 15.3. The lowest BCUT2D eigenvalue weighted by molar-refractivity contribution is -0.127. The Morgan fingerprint density at radius 2 is 1.89 bits per heavy atom. The van der Waals surface area contributed by atoms with Crippen molar-refractivity contribution in [2.24, 2.45) is 0 Å². The normalized spacial score (nSPS) is 13.0. The van der Waals surface area contributed by atoms with Crippen LogP contribution in [0.4, 0.5) is 4.79 Å². The molecule has 27 heavy (non-hydrogen) atoms. The van der Waals surface area contributed by atoms with Crippen LogP contribution in [0.15, 0.2) is 24.3 Å². The molecule has 1 atom stereocenters. The highest BCUT2D eigenvalue weighted by atomic mass is 32.1. The van der Waals surface area contributed by atoms with E-state index in [-0.39, 0.29) is 0 Å². The van der Waals surface area contributed by atoms with Gasteiger partial charge in [-0.1, -0.05) is 0 Å². The Morgan fingerprint density at radius 1 is 1.15 bits per heavy atom. The van der Waals surface area contributed by atoms with Crippen molar-refractivity contribution < 1.29 is 23.9 Å². The summed E-state index contributed by atoms with van der Waals surface area (Å²) in [6.07, 6.45) is 0.618. The molecule has 0 unspecified atom stereocenters. The second kappa shape index (κ2) is 7.79. The third-order valence-electron chi connectivity index (χ3n) is 4.35. The Labute approximate surface area is 160 Å². The van der Waals surface area contributed by atoms with Gasteiger partial charge in [0.1, 0.15) is 10.6 Å². The predicted octanol–water partition coefficient (Wildman–Crippen LogP) is 2.52. The molecule has 0 spiro atoms. The van der Waals surface area contributed by atoms with Crippen LogP contribution in [0, 0.1) is 0 Å². The number of esters is 1. The van der Waals surface area contributed by atoms with E-state index in [0.29, 0.717) is 4.88 Å². The van der Waals surface area contributed by atoms with Gasteiger partial charge in [-0.3, -0.25) is 10.1 Å². The number of urea groups is 1. The summed E-state index contributed by atoms with van der Waals surface area (Å²) in [6.45, 7) is 1.42. The molecule has 2 N–H and O–H groups in total. The minimum Gasteiger partial charge on any atom is -0.497 e. The van der Waals surface area contributed by atoms with Gasteiger partial charge in [0, 0.05) is 11.9 Å². The van der Waals surface area contributed by atoms with E-state index in [9.17, 15) is 14.4 Å². The van der Waals surface area contributed by atoms with Gasteiger partial charge in [-0.25, -0.2) is 9.59 Å². The molecule has 3 rings (SSSR count). The van der Waals surface area contributed by atoms with Gasteiger partial charge in [0.2, 0.25) is 0 Å². The maximum Gasteiger partial charge on any atom is 0.349 e. The smallest absolute Gasteiger partial charge is 0.349 e. The van der Waals surface area contributed by atoms with E-state index in [2.05, 4.69) is 10.6 Å². The number of methoxy groups -OCH3 is 1. The minimum absolute atomic E-state index is 0.434. The number of benzene rings is 1. The molecule has 0 bridgehead atoms. The lowest BCUT2D eigenvalue weighted by Gasteiger charge is -2.16. The van der Waals surface area contributed by atoms with Gasteiger partial charge in [0.15, 0.2) is 6.10 Å². The number of rotatable bonds is 4. The van der Waals surface area contributed by atoms with Crippen molar-refractivity contribution in [3.05, 3.63) is 40.3 Å². The molecule has 1 aliphatic carbocycles. The van der Waals surface area contributed by atoms with E-state index in [1.807, 2.05) is 24.3 Å². The van der Waals surface area contributed by atoms with Crippen LogP contribution in [0.5, 0.6) is 5.75 Å². The summed E-state index contributed by atoms with van der Waals surface area (Å²) in [5.41, 5.74) is 3.36. The molecule has 8 heteroatoms. The van der Waals surface area contributed by atoms with Crippen LogP contribution in [0.2, 0.25) is 0 Å². The first kappa shape index (κ1) is 18.9. The lowest BCUT2D eigenvalue weighted by Crippen LogP contribution is -2.43. The monoisotopic (exact) mass is 388 g/mol. The number of imide groups is 1. The molecule has 1 heterocycles. The highest BCUT2D eigenvalue weighted by Gasteiger charge is 2.25. The highest BCUT2D eigenvalue weighted by molar-refractivity contribution is 7.17. The van der Waals surface area contributed by atoms with Crippen LogP contribution < -0.4 is 15.4 Å².